The minimum Gasteiger partial charge on any atom is -0.475 e. The quantitative estimate of drug-likeness (QED) is 0.459. The number of hydrogen-bond donors (Lipinski definition) is 2. The number of carbonyl (C=O) groups is 2. The van der Waals surface area contributed by atoms with E-state index in [1.165, 1.54) is 24.1 Å². The Kier molecular flexibility index (Phi) is 11.5. The lowest BCUT2D eigenvalue weighted by Crippen LogP contribution is -2.38. The van der Waals surface area contributed by atoms with Gasteiger partial charge in [-0.1, -0.05) is 6.07 Å². The first kappa shape index (κ1) is 31.4. The zero-order valence-corrected chi connectivity index (χ0v) is 21.0. The monoisotopic (exact) mass is 571 g/mol. The molecule has 2 aromatic heterocycles. The fraction of sp³-hybridized carbons (Fsp3) is 0.565. The van der Waals surface area contributed by atoms with Crippen molar-refractivity contribution in [1.29, 1.82) is 0 Å². The first-order chi connectivity index (χ1) is 17.7. The lowest BCUT2D eigenvalue weighted by atomic mass is 10.0. The molecule has 212 valence electrons. The maximum absolute atomic E-state index is 10.6. The number of aromatic nitrogens is 2. The molecule has 4 rings (SSSR count). The molecule has 1 saturated heterocycles. The summed E-state index contributed by atoms with van der Waals surface area (Å²) in [5.74, 6) is -4.70. The number of thiazole rings is 1. The van der Waals surface area contributed by atoms with Crippen LogP contribution in [-0.4, -0.2) is 74.7 Å². The molecule has 2 N–H and O–H groups in total. The summed E-state index contributed by atoms with van der Waals surface area (Å²) in [6.07, 6.45) is -1.17. The molecule has 2 aromatic rings. The van der Waals surface area contributed by atoms with Gasteiger partial charge >= 0.3 is 24.3 Å². The van der Waals surface area contributed by atoms with Crippen molar-refractivity contribution in [2.45, 2.75) is 63.7 Å². The van der Waals surface area contributed by atoms with Gasteiger partial charge < -0.3 is 14.9 Å². The van der Waals surface area contributed by atoms with Crippen LogP contribution in [0.5, 0.6) is 0 Å². The van der Waals surface area contributed by atoms with Crippen LogP contribution in [0.1, 0.15) is 35.5 Å². The lowest BCUT2D eigenvalue weighted by Gasteiger charge is -2.28. The van der Waals surface area contributed by atoms with Gasteiger partial charge in [0.15, 0.2) is 0 Å². The van der Waals surface area contributed by atoms with Gasteiger partial charge in [-0.05, 0) is 50.2 Å². The van der Waals surface area contributed by atoms with E-state index >= 15 is 0 Å². The molecule has 15 heteroatoms. The van der Waals surface area contributed by atoms with Crippen molar-refractivity contribution >= 4 is 23.3 Å². The van der Waals surface area contributed by atoms with Crippen molar-refractivity contribution in [2.75, 3.05) is 13.2 Å². The highest BCUT2D eigenvalue weighted by molar-refractivity contribution is 7.09. The van der Waals surface area contributed by atoms with E-state index in [0.717, 1.165) is 43.5 Å². The van der Waals surface area contributed by atoms with E-state index in [9.17, 15) is 26.3 Å². The minimum atomic E-state index is -5.08. The van der Waals surface area contributed by atoms with Gasteiger partial charge in [-0.25, -0.2) is 14.6 Å². The first-order valence-corrected chi connectivity index (χ1v) is 12.3. The van der Waals surface area contributed by atoms with E-state index in [2.05, 4.69) is 33.2 Å². The number of aryl methyl sites for hydroxylation is 1. The summed E-state index contributed by atoms with van der Waals surface area (Å²) in [5, 5.41) is 17.6. The number of aliphatic carboxylic acids is 2. The molecule has 0 bridgehead atoms. The Labute approximate surface area is 218 Å². The summed E-state index contributed by atoms with van der Waals surface area (Å²) in [6, 6.07) is 4.63. The molecule has 0 amide bonds. The second-order valence-electron chi connectivity index (χ2n) is 8.67. The Hall–Kier alpha value is -2.78. The van der Waals surface area contributed by atoms with Crippen molar-refractivity contribution in [3.63, 3.8) is 0 Å². The third kappa shape index (κ3) is 11.3. The molecular formula is C23H27F6N3O5S. The Morgan fingerprint density at radius 2 is 1.71 bits per heavy atom. The molecule has 2 aliphatic rings. The SMILES string of the molecule is Cc1nc(CN2CC[C@@H](OCC3CC3)[C@@H]2Cc2cccnc2)cs1.O=C(O)C(F)(F)F.O=C(O)C(F)(F)F. The summed E-state index contributed by atoms with van der Waals surface area (Å²) < 4.78 is 69.8. The standard InChI is InChI=1S/C19H25N3OS.2C2HF3O2/c1-14-21-17(13-24-14)11-22-8-6-19(23-12-15-4-5-15)18(22)9-16-3-2-7-20-10-16;2*3-2(4,5)1(6)7/h2-3,7,10,13,15,18-19H,4-6,8-9,11-12H2,1H3;2*(H,6,7)/t18-,19+;;/m0../s1. The molecule has 0 radical (unpaired) electrons. The van der Waals surface area contributed by atoms with Gasteiger partial charge in [0.1, 0.15) is 0 Å². The van der Waals surface area contributed by atoms with Crippen molar-refractivity contribution in [3.8, 4) is 0 Å². The van der Waals surface area contributed by atoms with E-state index in [1.807, 2.05) is 18.5 Å². The molecule has 2 fully saturated rings. The Morgan fingerprint density at radius 1 is 1.11 bits per heavy atom. The number of alkyl halides is 6. The number of carboxylic acids is 2. The molecule has 3 heterocycles. The van der Waals surface area contributed by atoms with Gasteiger partial charge in [0.25, 0.3) is 0 Å². The van der Waals surface area contributed by atoms with Crippen molar-refractivity contribution in [3.05, 3.63) is 46.2 Å². The van der Waals surface area contributed by atoms with Gasteiger partial charge in [-0.3, -0.25) is 9.88 Å². The second-order valence-corrected chi connectivity index (χ2v) is 9.73. The zero-order chi connectivity index (χ0) is 28.5. The largest absolute Gasteiger partial charge is 0.490 e. The second kappa shape index (κ2) is 13.8. The number of carboxylic acid groups (broad SMARTS) is 2. The topological polar surface area (TPSA) is 113 Å². The van der Waals surface area contributed by atoms with Crippen LogP contribution in [0.25, 0.3) is 0 Å². The van der Waals surface area contributed by atoms with Crippen molar-refractivity contribution < 1.29 is 50.9 Å². The predicted octanol–water partition coefficient (Wildman–Crippen LogP) is 4.73. The molecule has 8 nitrogen and oxygen atoms in total. The highest BCUT2D eigenvalue weighted by Gasteiger charge is 2.39. The van der Waals surface area contributed by atoms with Gasteiger partial charge in [0.2, 0.25) is 0 Å². The number of halogens is 6. The lowest BCUT2D eigenvalue weighted by molar-refractivity contribution is -0.193. The van der Waals surface area contributed by atoms with E-state index in [0.29, 0.717) is 12.1 Å². The number of hydrogen-bond acceptors (Lipinski definition) is 7. The highest BCUT2D eigenvalue weighted by Crippen LogP contribution is 2.32. The van der Waals surface area contributed by atoms with Crippen LogP contribution in [0.2, 0.25) is 0 Å². The normalized spacial score (nSPS) is 19.7. The van der Waals surface area contributed by atoms with E-state index in [-0.39, 0.29) is 0 Å². The number of ether oxygens (including phenoxy) is 1. The maximum Gasteiger partial charge on any atom is 0.490 e. The van der Waals surface area contributed by atoms with E-state index < -0.39 is 24.3 Å². The average Bonchev–Trinajstić information content (AvgIpc) is 3.46. The number of rotatable bonds is 7. The maximum atomic E-state index is 10.6. The summed E-state index contributed by atoms with van der Waals surface area (Å²) in [4.78, 5) is 29.3. The van der Waals surface area contributed by atoms with Crippen LogP contribution in [0.4, 0.5) is 26.3 Å². The molecule has 1 aliphatic carbocycles. The van der Waals surface area contributed by atoms with Crippen LogP contribution in [0, 0.1) is 12.8 Å². The minimum absolute atomic E-state index is 0.338. The van der Waals surface area contributed by atoms with Crippen LogP contribution < -0.4 is 0 Å². The highest BCUT2D eigenvalue weighted by atomic mass is 32.1. The van der Waals surface area contributed by atoms with Gasteiger partial charge in [0, 0.05) is 43.5 Å². The molecule has 0 aromatic carbocycles. The van der Waals surface area contributed by atoms with E-state index in [1.54, 1.807) is 11.3 Å². The summed E-state index contributed by atoms with van der Waals surface area (Å²) in [5.41, 5.74) is 2.49. The molecule has 1 aliphatic heterocycles. The summed E-state index contributed by atoms with van der Waals surface area (Å²) in [7, 11) is 0. The number of nitrogens with zero attached hydrogens (tertiary/aromatic N) is 3. The van der Waals surface area contributed by atoms with Crippen molar-refractivity contribution in [2.24, 2.45) is 5.92 Å². The third-order valence-electron chi connectivity index (χ3n) is 5.53. The fourth-order valence-electron chi connectivity index (χ4n) is 3.53. The van der Waals surface area contributed by atoms with Crippen LogP contribution in [0.3, 0.4) is 0 Å². The van der Waals surface area contributed by atoms with Crippen LogP contribution in [0.15, 0.2) is 29.9 Å². The summed E-state index contributed by atoms with van der Waals surface area (Å²) >= 11 is 1.74. The average molecular weight is 572 g/mol. The van der Waals surface area contributed by atoms with Crippen LogP contribution >= 0.6 is 11.3 Å². The molecule has 2 atom stereocenters. The Morgan fingerprint density at radius 3 is 2.16 bits per heavy atom. The Bertz CT molecular complexity index is 1010. The first-order valence-electron chi connectivity index (χ1n) is 11.4. The summed E-state index contributed by atoms with van der Waals surface area (Å²) in [6.45, 7) is 5.04. The number of pyridine rings is 1. The van der Waals surface area contributed by atoms with Crippen LogP contribution in [-0.2, 0) is 27.3 Å². The zero-order valence-electron chi connectivity index (χ0n) is 20.2. The molecular weight excluding hydrogens is 544 g/mol. The predicted molar refractivity (Wildman–Crippen MR) is 123 cm³/mol. The third-order valence-corrected chi connectivity index (χ3v) is 6.35. The van der Waals surface area contributed by atoms with E-state index in [4.69, 9.17) is 24.5 Å². The van der Waals surface area contributed by atoms with Gasteiger partial charge in [-0.15, -0.1) is 11.3 Å². The molecule has 0 spiro atoms. The smallest absolute Gasteiger partial charge is 0.475 e. The van der Waals surface area contributed by atoms with Gasteiger partial charge in [0.05, 0.1) is 16.8 Å². The molecule has 38 heavy (non-hydrogen) atoms. The molecule has 0 unspecified atom stereocenters. The molecule has 1 saturated carbocycles. The van der Waals surface area contributed by atoms with Gasteiger partial charge in [-0.2, -0.15) is 26.3 Å². The Balaban J connectivity index is 0.000000301. The van der Waals surface area contributed by atoms with Crippen molar-refractivity contribution in [1.82, 2.24) is 14.9 Å². The number of likely N-dealkylation sites (tertiary alicyclic amines) is 1. The fourth-order valence-corrected chi connectivity index (χ4v) is 4.13.